The molecule has 0 aliphatic carbocycles. The lowest BCUT2D eigenvalue weighted by atomic mass is 10.0. The van der Waals surface area contributed by atoms with Crippen molar-refractivity contribution in [3.8, 4) is 0 Å². The highest BCUT2D eigenvalue weighted by Gasteiger charge is 2.19. The van der Waals surface area contributed by atoms with Gasteiger partial charge < -0.3 is 14.2 Å². The molecule has 75 heavy (non-hydrogen) atoms. The van der Waals surface area contributed by atoms with Crippen molar-refractivity contribution in [1.82, 2.24) is 0 Å². The topological polar surface area (TPSA) is 78.9 Å². The summed E-state index contributed by atoms with van der Waals surface area (Å²) < 4.78 is 17.0. The number of carbonyl (C=O) groups is 3. The Balaban J connectivity index is 4.33. The molecule has 0 aromatic carbocycles. The molecule has 0 aromatic rings. The summed E-state index contributed by atoms with van der Waals surface area (Å²) in [5.41, 5.74) is 0. The van der Waals surface area contributed by atoms with Crippen molar-refractivity contribution in [3.05, 3.63) is 36.5 Å². The maximum atomic E-state index is 12.9. The van der Waals surface area contributed by atoms with Crippen molar-refractivity contribution in [2.75, 3.05) is 13.2 Å². The van der Waals surface area contributed by atoms with E-state index in [1.165, 1.54) is 250 Å². The van der Waals surface area contributed by atoms with Crippen molar-refractivity contribution in [1.29, 1.82) is 0 Å². The fourth-order valence-electron chi connectivity index (χ4n) is 10.1. The summed E-state index contributed by atoms with van der Waals surface area (Å²) in [7, 11) is 0. The Morgan fingerprint density at radius 2 is 0.480 bits per heavy atom. The van der Waals surface area contributed by atoms with Crippen molar-refractivity contribution in [3.63, 3.8) is 0 Å². The van der Waals surface area contributed by atoms with Gasteiger partial charge in [-0.15, -0.1) is 0 Å². The summed E-state index contributed by atoms with van der Waals surface area (Å²) in [5.74, 6) is -0.855. The van der Waals surface area contributed by atoms with Crippen LogP contribution in [-0.2, 0) is 28.6 Å². The van der Waals surface area contributed by atoms with Gasteiger partial charge in [-0.3, -0.25) is 14.4 Å². The molecule has 0 N–H and O–H groups in total. The average Bonchev–Trinajstić information content (AvgIpc) is 3.41. The first-order valence-corrected chi connectivity index (χ1v) is 33.5. The standard InChI is InChI=1S/C69H128O6/c1-4-7-10-13-16-19-22-25-28-30-32-34-36-38-41-44-47-50-53-56-59-62-68(71)74-65-66(64-73-67(70)61-58-55-52-49-46-43-40-27-24-21-18-15-12-9-6-3)75-69(72)63-60-57-54-51-48-45-42-39-37-35-33-31-29-26-23-20-17-14-11-8-5-2/h22,25,30,32,36,38,66H,4-21,23-24,26-29,31,33-35,37,39-65H2,1-3H3/b25-22-,32-30-,38-36-. The van der Waals surface area contributed by atoms with Crippen LogP contribution >= 0.6 is 0 Å². The maximum Gasteiger partial charge on any atom is 0.306 e. The number of hydrogen-bond donors (Lipinski definition) is 0. The molecule has 0 rings (SSSR count). The lowest BCUT2D eigenvalue weighted by Crippen LogP contribution is -2.30. The highest BCUT2D eigenvalue weighted by molar-refractivity contribution is 5.71. The first kappa shape index (κ1) is 72.6. The van der Waals surface area contributed by atoms with Gasteiger partial charge in [-0.25, -0.2) is 0 Å². The Bertz CT molecular complexity index is 1250. The van der Waals surface area contributed by atoms with E-state index in [4.69, 9.17) is 14.2 Å². The molecule has 1 unspecified atom stereocenters. The Morgan fingerprint density at radius 1 is 0.267 bits per heavy atom. The van der Waals surface area contributed by atoms with Crippen LogP contribution in [0, 0.1) is 0 Å². The molecule has 0 saturated carbocycles. The lowest BCUT2D eigenvalue weighted by molar-refractivity contribution is -0.167. The van der Waals surface area contributed by atoms with Gasteiger partial charge >= 0.3 is 17.9 Å². The summed E-state index contributed by atoms with van der Waals surface area (Å²) >= 11 is 0. The zero-order chi connectivity index (χ0) is 54.3. The van der Waals surface area contributed by atoms with E-state index in [2.05, 4.69) is 57.2 Å². The number of carbonyl (C=O) groups excluding carboxylic acids is 3. The van der Waals surface area contributed by atoms with Gasteiger partial charge in [0.2, 0.25) is 0 Å². The van der Waals surface area contributed by atoms with Gasteiger partial charge in [0.25, 0.3) is 0 Å². The van der Waals surface area contributed by atoms with Crippen molar-refractivity contribution >= 4 is 17.9 Å². The van der Waals surface area contributed by atoms with E-state index in [0.29, 0.717) is 19.3 Å². The molecule has 0 spiro atoms. The zero-order valence-electron chi connectivity index (χ0n) is 50.6. The van der Waals surface area contributed by atoms with Gasteiger partial charge in [0.1, 0.15) is 13.2 Å². The molecule has 440 valence electrons. The van der Waals surface area contributed by atoms with Crippen LogP contribution in [0.25, 0.3) is 0 Å². The van der Waals surface area contributed by atoms with E-state index in [-0.39, 0.29) is 31.1 Å². The van der Waals surface area contributed by atoms with Crippen LogP contribution in [0.3, 0.4) is 0 Å². The highest BCUT2D eigenvalue weighted by Crippen LogP contribution is 2.18. The van der Waals surface area contributed by atoms with Crippen LogP contribution in [-0.4, -0.2) is 37.2 Å². The number of unbranched alkanes of at least 4 members (excludes halogenated alkanes) is 45. The quantitative estimate of drug-likeness (QED) is 0.0261. The molecule has 0 aromatic heterocycles. The molecule has 0 amide bonds. The van der Waals surface area contributed by atoms with Crippen LogP contribution in [0.15, 0.2) is 36.5 Å². The fraction of sp³-hybridized carbons (Fsp3) is 0.870. The predicted octanol–water partition coefficient (Wildman–Crippen LogP) is 22.8. The Labute approximate surface area is 467 Å². The number of hydrogen-bond acceptors (Lipinski definition) is 6. The minimum absolute atomic E-state index is 0.0707. The van der Waals surface area contributed by atoms with E-state index >= 15 is 0 Å². The van der Waals surface area contributed by atoms with Gasteiger partial charge in [0.15, 0.2) is 6.10 Å². The van der Waals surface area contributed by atoms with Crippen LogP contribution in [0.1, 0.15) is 367 Å². The van der Waals surface area contributed by atoms with E-state index in [0.717, 1.165) is 77.0 Å². The Hall–Kier alpha value is -2.37. The molecule has 0 radical (unpaired) electrons. The second-order valence-corrected chi connectivity index (χ2v) is 22.7. The van der Waals surface area contributed by atoms with Crippen LogP contribution in [0.2, 0.25) is 0 Å². The van der Waals surface area contributed by atoms with E-state index in [1.54, 1.807) is 0 Å². The molecule has 0 aliphatic rings. The third kappa shape index (κ3) is 62.4. The van der Waals surface area contributed by atoms with Gasteiger partial charge in [-0.1, -0.05) is 327 Å². The van der Waals surface area contributed by atoms with E-state index in [1.807, 2.05) is 0 Å². The maximum absolute atomic E-state index is 12.9. The largest absolute Gasteiger partial charge is 0.462 e. The average molecular weight is 1050 g/mol. The van der Waals surface area contributed by atoms with Crippen molar-refractivity contribution in [2.45, 2.75) is 374 Å². The van der Waals surface area contributed by atoms with Crippen LogP contribution in [0.5, 0.6) is 0 Å². The summed E-state index contributed by atoms with van der Waals surface area (Å²) in [6.07, 6.45) is 78.7. The molecule has 0 heterocycles. The molecule has 0 aliphatic heterocycles. The molecule has 6 nitrogen and oxygen atoms in total. The van der Waals surface area contributed by atoms with Crippen molar-refractivity contribution in [2.24, 2.45) is 0 Å². The minimum Gasteiger partial charge on any atom is -0.462 e. The summed E-state index contributed by atoms with van der Waals surface area (Å²) in [6.45, 7) is 6.69. The fourth-order valence-corrected chi connectivity index (χ4v) is 10.1. The molecule has 1 atom stereocenters. The lowest BCUT2D eigenvalue weighted by Gasteiger charge is -2.18. The monoisotopic (exact) mass is 1050 g/mol. The first-order valence-electron chi connectivity index (χ1n) is 33.5. The number of ether oxygens (including phenoxy) is 3. The molecule has 0 bridgehead atoms. The minimum atomic E-state index is -0.775. The zero-order valence-corrected chi connectivity index (χ0v) is 50.6. The second kappa shape index (κ2) is 64.2. The van der Waals surface area contributed by atoms with E-state index in [9.17, 15) is 14.4 Å². The molecular weight excluding hydrogens is 925 g/mol. The normalized spacial score (nSPS) is 12.2. The Kier molecular flexibility index (Phi) is 62.1. The smallest absolute Gasteiger partial charge is 0.306 e. The number of rotatable bonds is 62. The highest BCUT2D eigenvalue weighted by atomic mass is 16.6. The van der Waals surface area contributed by atoms with Gasteiger partial charge in [-0.2, -0.15) is 0 Å². The Morgan fingerprint density at radius 3 is 0.747 bits per heavy atom. The summed E-state index contributed by atoms with van der Waals surface area (Å²) in [5, 5.41) is 0. The third-order valence-corrected chi connectivity index (χ3v) is 15.1. The van der Waals surface area contributed by atoms with E-state index < -0.39 is 6.10 Å². The molecule has 0 saturated heterocycles. The summed E-state index contributed by atoms with van der Waals surface area (Å²) in [6, 6.07) is 0. The number of esters is 3. The molecule has 0 fully saturated rings. The summed E-state index contributed by atoms with van der Waals surface area (Å²) in [4.78, 5) is 38.4. The SMILES string of the molecule is CCCCCCC/C=C\C/C=C\C/C=C\CCCCCCCCC(=O)OCC(COC(=O)CCCCCCCCCCCCCCCCC)OC(=O)CCCCCCCCCCCCCCCCCCCCCCC. The van der Waals surface area contributed by atoms with Crippen LogP contribution < -0.4 is 0 Å². The molecular formula is C69H128O6. The van der Waals surface area contributed by atoms with Gasteiger partial charge in [-0.05, 0) is 57.8 Å². The number of allylic oxidation sites excluding steroid dienone is 6. The van der Waals surface area contributed by atoms with Crippen molar-refractivity contribution < 1.29 is 28.6 Å². The molecule has 6 heteroatoms. The van der Waals surface area contributed by atoms with Gasteiger partial charge in [0.05, 0.1) is 0 Å². The predicted molar refractivity (Wildman–Crippen MR) is 326 cm³/mol. The van der Waals surface area contributed by atoms with Gasteiger partial charge in [0, 0.05) is 19.3 Å². The second-order valence-electron chi connectivity index (χ2n) is 22.7. The third-order valence-electron chi connectivity index (χ3n) is 15.1. The first-order chi connectivity index (χ1) is 37.0. The van der Waals surface area contributed by atoms with Crippen LogP contribution in [0.4, 0.5) is 0 Å².